The van der Waals surface area contributed by atoms with E-state index in [0.717, 1.165) is 6.42 Å². The van der Waals surface area contributed by atoms with E-state index < -0.39 is 5.82 Å². The Morgan fingerprint density at radius 3 is 2.76 bits per heavy atom. The van der Waals surface area contributed by atoms with Gasteiger partial charge in [0.1, 0.15) is 5.82 Å². The molecular formula is C12H14Cl2FNO. The molecule has 1 amide bonds. The van der Waals surface area contributed by atoms with Crippen LogP contribution in [0.3, 0.4) is 0 Å². The first-order valence-electron chi connectivity index (χ1n) is 5.40. The average molecular weight is 278 g/mol. The number of rotatable bonds is 5. The molecule has 0 aliphatic heterocycles. The van der Waals surface area contributed by atoms with Gasteiger partial charge in [-0.05, 0) is 31.0 Å². The van der Waals surface area contributed by atoms with Crippen LogP contribution in [-0.4, -0.2) is 17.8 Å². The van der Waals surface area contributed by atoms with E-state index >= 15 is 0 Å². The Morgan fingerprint density at radius 1 is 1.53 bits per heavy atom. The van der Waals surface area contributed by atoms with Gasteiger partial charge in [-0.25, -0.2) is 4.39 Å². The van der Waals surface area contributed by atoms with Gasteiger partial charge in [0, 0.05) is 17.5 Å². The average Bonchev–Trinajstić information content (AvgIpc) is 2.31. The van der Waals surface area contributed by atoms with Crippen molar-refractivity contribution in [2.24, 2.45) is 0 Å². The molecule has 0 bridgehead atoms. The van der Waals surface area contributed by atoms with Crippen LogP contribution in [0.4, 0.5) is 4.39 Å². The molecule has 1 aromatic carbocycles. The molecule has 0 aliphatic rings. The van der Waals surface area contributed by atoms with E-state index in [0.29, 0.717) is 17.9 Å². The van der Waals surface area contributed by atoms with E-state index in [4.69, 9.17) is 23.2 Å². The van der Waals surface area contributed by atoms with Crippen molar-refractivity contribution in [1.82, 2.24) is 5.32 Å². The number of amides is 1. The molecule has 0 fully saturated rings. The summed E-state index contributed by atoms with van der Waals surface area (Å²) < 4.78 is 12.9. The molecule has 17 heavy (non-hydrogen) atoms. The normalized spacial score (nSPS) is 12.2. The van der Waals surface area contributed by atoms with Crippen LogP contribution in [0, 0.1) is 5.82 Å². The van der Waals surface area contributed by atoms with Gasteiger partial charge in [-0.1, -0.05) is 18.5 Å². The Bertz CT molecular complexity index is 398. The lowest BCUT2D eigenvalue weighted by atomic mass is 10.1. The molecule has 1 unspecified atom stereocenters. The highest BCUT2D eigenvalue weighted by molar-refractivity contribution is 6.31. The Balaban J connectivity index is 2.72. The number of alkyl halides is 1. The number of carbonyl (C=O) groups excluding carboxylic acids is 1. The lowest BCUT2D eigenvalue weighted by molar-refractivity contribution is 0.0935. The van der Waals surface area contributed by atoms with Crippen LogP contribution in [0.2, 0.25) is 5.02 Å². The summed E-state index contributed by atoms with van der Waals surface area (Å²) in [5.74, 6) is -0.303. The van der Waals surface area contributed by atoms with Crippen molar-refractivity contribution < 1.29 is 9.18 Å². The minimum Gasteiger partial charge on any atom is -0.349 e. The molecule has 5 heteroatoms. The van der Waals surface area contributed by atoms with Gasteiger partial charge in [0.25, 0.3) is 5.91 Å². The SMILES string of the molecule is CCC(CCCl)NC(=O)c1ccc(F)c(Cl)c1. The second kappa shape index (κ2) is 6.82. The minimum absolute atomic E-state index is 0.0313. The third kappa shape index (κ3) is 4.17. The highest BCUT2D eigenvalue weighted by atomic mass is 35.5. The lowest BCUT2D eigenvalue weighted by Crippen LogP contribution is -2.34. The summed E-state index contributed by atoms with van der Waals surface area (Å²) >= 11 is 11.2. The Hall–Kier alpha value is -0.800. The van der Waals surface area contributed by atoms with E-state index in [1.165, 1.54) is 18.2 Å². The summed E-state index contributed by atoms with van der Waals surface area (Å²) in [5, 5.41) is 2.77. The Kier molecular flexibility index (Phi) is 5.72. The van der Waals surface area contributed by atoms with Gasteiger partial charge >= 0.3 is 0 Å². The molecular weight excluding hydrogens is 264 g/mol. The van der Waals surface area contributed by atoms with Crippen molar-refractivity contribution in [3.05, 3.63) is 34.6 Å². The maximum absolute atomic E-state index is 12.9. The van der Waals surface area contributed by atoms with Crippen LogP contribution < -0.4 is 5.32 Å². The zero-order valence-electron chi connectivity index (χ0n) is 9.47. The van der Waals surface area contributed by atoms with E-state index in [1.54, 1.807) is 0 Å². The number of hydrogen-bond donors (Lipinski definition) is 1. The zero-order valence-corrected chi connectivity index (χ0v) is 11.0. The summed E-state index contributed by atoms with van der Waals surface area (Å²) in [6, 6.07) is 3.94. The first kappa shape index (κ1) is 14.3. The predicted octanol–water partition coefficient (Wildman–Crippen LogP) is 3.62. The molecule has 94 valence electrons. The smallest absolute Gasteiger partial charge is 0.251 e. The van der Waals surface area contributed by atoms with Crippen molar-refractivity contribution in [3.8, 4) is 0 Å². The predicted molar refractivity (Wildman–Crippen MR) is 68.3 cm³/mol. The van der Waals surface area contributed by atoms with E-state index in [1.807, 2.05) is 6.92 Å². The molecule has 0 spiro atoms. The molecule has 0 aliphatic carbocycles. The fourth-order valence-corrected chi connectivity index (χ4v) is 1.86. The third-order valence-corrected chi connectivity index (χ3v) is 2.98. The molecule has 0 saturated carbocycles. The van der Waals surface area contributed by atoms with Crippen molar-refractivity contribution in [1.29, 1.82) is 0 Å². The van der Waals surface area contributed by atoms with Gasteiger partial charge < -0.3 is 5.32 Å². The quantitative estimate of drug-likeness (QED) is 0.819. The molecule has 0 saturated heterocycles. The van der Waals surface area contributed by atoms with Gasteiger partial charge in [0.15, 0.2) is 0 Å². The first-order chi connectivity index (χ1) is 8.08. The summed E-state index contributed by atoms with van der Waals surface area (Å²) in [5.41, 5.74) is 0.351. The van der Waals surface area contributed by atoms with E-state index in [-0.39, 0.29) is 17.0 Å². The molecule has 0 heterocycles. The third-order valence-electron chi connectivity index (χ3n) is 2.47. The first-order valence-corrected chi connectivity index (χ1v) is 6.31. The van der Waals surface area contributed by atoms with Crippen molar-refractivity contribution in [2.75, 3.05) is 5.88 Å². The second-order valence-corrected chi connectivity index (χ2v) is 4.47. The molecule has 1 atom stereocenters. The summed E-state index contributed by atoms with van der Waals surface area (Å²) in [7, 11) is 0. The Morgan fingerprint density at radius 2 is 2.24 bits per heavy atom. The van der Waals surface area contributed by atoms with Crippen LogP contribution in [0.25, 0.3) is 0 Å². The fraction of sp³-hybridized carbons (Fsp3) is 0.417. The Labute approximate surface area is 110 Å². The van der Waals surface area contributed by atoms with Crippen LogP contribution in [-0.2, 0) is 0 Å². The maximum atomic E-state index is 12.9. The molecule has 0 radical (unpaired) electrons. The topological polar surface area (TPSA) is 29.1 Å². The lowest BCUT2D eigenvalue weighted by Gasteiger charge is -2.15. The standard InChI is InChI=1S/C12H14Cl2FNO/c1-2-9(5-6-13)16-12(17)8-3-4-11(15)10(14)7-8/h3-4,7,9H,2,5-6H2,1H3,(H,16,17). The largest absolute Gasteiger partial charge is 0.349 e. The van der Waals surface area contributed by atoms with E-state index in [2.05, 4.69) is 5.32 Å². The number of hydrogen-bond acceptors (Lipinski definition) is 1. The van der Waals surface area contributed by atoms with Gasteiger partial charge in [-0.3, -0.25) is 4.79 Å². The number of nitrogens with one attached hydrogen (secondary N) is 1. The highest BCUT2D eigenvalue weighted by Crippen LogP contribution is 2.16. The van der Waals surface area contributed by atoms with Crippen molar-refractivity contribution in [2.45, 2.75) is 25.8 Å². The molecule has 1 N–H and O–H groups in total. The van der Waals surface area contributed by atoms with Gasteiger partial charge in [0.05, 0.1) is 5.02 Å². The summed E-state index contributed by atoms with van der Waals surface area (Å²) in [6.45, 7) is 1.97. The monoisotopic (exact) mass is 277 g/mol. The highest BCUT2D eigenvalue weighted by Gasteiger charge is 2.13. The van der Waals surface area contributed by atoms with Gasteiger partial charge in [0.2, 0.25) is 0 Å². The fourth-order valence-electron chi connectivity index (χ4n) is 1.42. The summed E-state index contributed by atoms with van der Waals surface area (Å²) in [6.07, 6.45) is 1.51. The second-order valence-electron chi connectivity index (χ2n) is 3.69. The van der Waals surface area contributed by atoms with Crippen molar-refractivity contribution >= 4 is 29.1 Å². The van der Waals surface area contributed by atoms with Crippen LogP contribution in [0.1, 0.15) is 30.1 Å². The van der Waals surface area contributed by atoms with Crippen LogP contribution in [0.5, 0.6) is 0 Å². The maximum Gasteiger partial charge on any atom is 0.251 e. The van der Waals surface area contributed by atoms with Gasteiger partial charge in [-0.15, -0.1) is 11.6 Å². The molecule has 1 rings (SSSR count). The molecule has 2 nitrogen and oxygen atoms in total. The minimum atomic E-state index is -0.531. The van der Waals surface area contributed by atoms with Crippen LogP contribution >= 0.6 is 23.2 Å². The number of halogens is 3. The molecule has 1 aromatic rings. The van der Waals surface area contributed by atoms with Crippen molar-refractivity contribution in [3.63, 3.8) is 0 Å². The van der Waals surface area contributed by atoms with Crippen LogP contribution in [0.15, 0.2) is 18.2 Å². The number of benzene rings is 1. The number of carbonyl (C=O) groups is 1. The summed E-state index contributed by atoms with van der Waals surface area (Å²) in [4.78, 5) is 11.8. The van der Waals surface area contributed by atoms with Gasteiger partial charge in [-0.2, -0.15) is 0 Å². The molecule has 0 aromatic heterocycles. The zero-order chi connectivity index (χ0) is 12.8. The van der Waals surface area contributed by atoms with E-state index in [9.17, 15) is 9.18 Å².